The van der Waals surface area contributed by atoms with Crippen molar-refractivity contribution in [3.63, 3.8) is 0 Å². The van der Waals surface area contributed by atoms with E-state index in [4.69, 9.17) is 16.3 Å². The number of nitrogens with zero attached hydrogens (tertiary/aromatic N) is 1. The van der Waals surface area contributed by atoms with Gasteiger partial charge < -0.3 is 10.1 Å². The monoisotopic (exact) mass is 440 g/mol. The SMILES string of the molecule is COc1ccc(F)cc1S(=O)(=O)N1CCC(C(=O)Nc2ccc(Cl)cc2C)CC1. The van der Waals surface area contributed by atoms with Gasteiger partial charge in [-0.3, -0.25) is 4.79 Å². The summed E-state index contributed by atoms with van der Waals surface area (Å²) in [5, 5.41) is 3.47. The number of carbonyl (C=O) groups excluding carboxylic acids is 1. The summed E-state index contributed by atoms with van der Waals surface area (Å²) in [6.45, 7) is 2.18. The van der Waals surface area contributed by atoms with E-state index in [1.807, 2.05) is 6.92 Å². The molecule has 3 rings (SSSR count). The fourth-order valence-electron chi connectivity index (χ4n) is 3.35. The molecular weight excluding hydrogens is 419 g/mol. The summed E-state index contributed by atoms with van der Waals surface area (Å²) in [6, 6.07) is 8.59. The first-order chi connectivity index (χ1) is 13.7. The molecule has 6 nitrogen and oxygen atoms in total. The highest BCUT2D eigenvalue weighted by Crippen LogP contribution is 2.31. The van der Waals surface area contributed by atoms with Crippen LogP contribution < -0.4 is 10.1 Å². The van der Waals surface area contributed by atoms with Gasteiger partial charge in [0.1, 0.15) is 16.5 Å². The fourth-order valence-corrected chi connectivity index (χ4v) is 5.22. The number of ether oxygens (including phenoxy) is 1. The average Bonchev–Trinajstić information content (AvgIpc) is 2.70. The van der Waals surface area contributed by atoms with Gasteiger partial charge in [-0.25, -0.2) is 12.8 Å². The van der Waals surface area contributed by atoms with Crippen LogP contribution >= 0.6 is 11.6 Å². The Morgan fingerprint density at radius 3 is 2.52 bits per heavy atom. The minimum absolute atomic E-state index is 0.0875. The number of rotatable bonds is 5. The highest BCUT2D eigenvalue weighted by atomic mass is 35.5. The Kier molecular flexibility index (Phi) is 6.45. The summed E-state index contributed by atoms with van der Waals surface area (Å²) in [4.78, 5) is 12.4. The third-order valence-electron chi connectivity index (χ3n) is 5.01. The summed E-state index contributed by atoms with van der Waals surface area (Å²) >= 11 is 5.94. The van der Waals surface area contributed by atoms with E-state index in [0.29, 0.717) is 23.6 Å². The summed E-state index contributed by atoms with van der Waals surface area (Å²) < 4.78 is 45.8. The van der Waals surface area contributed by atoms with E-state index < -0.39 is 15.8 Å². The minimum Gasteiger partial charge on any atom is -0.495 e. The van der Waals surface area contributed by atoms with E-state index in [1.165, 1.54) is 17.5 Å². The molecule has 1 saturated heterocycles. The van der Waals surface area contributed by atoms with E-state index in [1.54, 1.807) is 18.2 Å². The lowest BCUT2D eigenvalue weighted by atomic mass is 9.97. The molecule has 1 N–H and O–H groups in total. The first-order valence-electron chi connectivity index (χ1n) is 9.13. The lowest BCUT2D eigenvalue weighted by molar-refractivity contribution is -0.120. The second kappa shape index (κ2) is 8.69. The van der Waals surface area contributed by atoms with Crippen molar-refractivity contribution in [3.8, 4) is 5.75 Å². The average molecular weight is 441 g/mol. The molecule has 0 radical (unpaired) electrons. The molecule has 1 heterocycles. The quantitative estimate of drug-likeness (QED) is 0.766. The predicted molar refractivity (Wildman–Crippen MR) is 109 cm³/mol. The molecule has 0 atom stereocenters. The molecule has 1 aliphatic heterocycles. The Morgan fingerprint density at radius 2 is 1.90 bits per heavy atom. The van der Waals surface area contributed by atoms with Gasteiger partial charge >= 0.3 is 0 Å². The minimum atomic E-state index is -3.92. The number of piperidine rings is 1. The summed E-state index contributed by atoms with van der Waals surface area (Å²) in [5.41, 5.74) is 1.53. The summed E-state index contributed by atoms with van der Waals surface area (Å²) in [7, 11) is -2.59. The number of anilines is 1. The van der Waals surface area contributed by atoms with Crippen LogP contribution in [-0.4, -0.2) is 38.8 Å². The van der Waals surface area contributed by atoms with Gasteiger partial charge in [-0.15, -0.1) is 0 Å². The Hall–Kier alpha value is -2.16. The number of sulfonamides is 1. The smallest absolute Gasteiger partial charge is 0.246 e. The molecule has 9 heteroatoms. The number of benzene rings is 2. The summed E-state index contributed by atoms with van der Waals surface area (Å²) in [5.74, 6) is -1.04. The summed E-state index contributed by atoms with van der Waals surface area (Å²) in [6.07, 6.45) is 0.741. The van der Waals surface area contributed by atoms with Crippen LogP contribution in [0.2, 0.25) is 5.02 Å². The number of nitrogens with one attached hydrogen (secondary N) is 1. The lowest BCUT2D eigenvalue weighted by Gasteiger charge is -2.31. The second-order valence-electron chi connectivity index (χ2n) is 6.92. The third-order valence-corrected chi connectivity index (χ3v) is 7.17. The van der Waals surface area contributed by atoms with Gasteiger partial charge in [-0.1, -0.05) is 11.6 Å². The highest BCUT2D eigenvalue weighted by Gasteiger charge is 2.34. The Morgan fingerprint density at radius 1 is 1.21 bits per heavy atom. The van der Waals surface area contributed by atoms with Crippen LogP contribution in [0.4, 0.5) is 10.1 Å². The van der Waals surface area contributed by atoms with Gasteiger partial charge in [0.25, 0.3) is 0 Å². The van der Waals surface area contributed by atoms with E-state index in [-0.39, 0.29) is 35.6 Å². The molecule has 0 aromatic heterocycles. The molecule has 2 aromatic carbocycles. The molecule has 1 aliphatic rings. The molecule has 1 fully saturated rings. The molecule has 1 amide bonds. The lowest BCUT2D eigenvalue weighted by Crippen LogP contribution is -2.41. The maximum atomic E-state index is 13.6. The first kappa shape index (κ1) is 21.5. The molecule has 2 aromatic rings. The van der Waals surface area contributed by atoms with Gasteiger partial charge in [0.15, 0.2) is 0 Å². The zero-order valence-corrected chi connectivity index (χ0v) is 17.7. The van der Waals surface area contributed by atoms with E-state index in [9.17, 15) is 17.6 Å². The van der Waals surface area contributed by atoms with Crippen LogP contribution in [-0.2, 0) is 14.8 Å². The number of aryl methyl sites for hydroxylation is 1. The van der Waals surface area contributed by atoms with E-state index in [0.717, 1.165) is 17.7 Å². The topological polar surface area (TPSA) is 75.7 Å². The van der Waals surface area contributed by atoms with Gasteiger partial charge in [0, 0.05) is 29.7 Å². The van der Waals surface area contributed by atoms with Crippen molar-refractivity contribution >= 4 is 33.2 Å². The molecule has 0 aliphatic carbocycles. The Balaban J connectivity index is 1.68. The Labute approximate surface area is 174 Å². The van der Waals surface area contributed by atoms with Crippen molar-refractivity contribution < 1.29 is 22.3 Å². The normalized spacial score (nSPS) is 15.9. The van der Waals surface area contributed by atoms with Crippen molar-refractivity contribution in [2.75, 3.05) is 25.5 Å². The zero-order valence-electron chi connectivity index (χ0n) is 16.1. The van der Waals surface area contributed by atoms with E-state index >= 15 is 0 Å². The van der Waals surface area contributed by atoms with Crippen molar-refractivity contribution in [1.82, 2.24) is 4.31 Å². The van der Waals surface area contributed by atoms with Crippen LogP contribution in [0, 0.1) is 18.7 Å². The zero-order chi connectivity index (χ0) is 21.2. The van der Waals surface area contributed by atoms with Crippen LogP contribution in [0.1, 0.15) is 18.4 Å². The predicted octanol–water partition coefficient (Wildman–Crippen LogP) is 3.84. The maximum Gasteiger partial charge on any atom is 0.246 e. The van der Waals surface area contributed by atoms with Crippen molar-refractivity contribution in [3.05, 3.63) is 52.8 Å². The first-order valence-corrected chi connectivity index (χ1v) is 10.9. The van der Waals surface area contributed by atoms with Gasteiger partial charge in [-0.2, -0.15) is 4.31 Å². The number of methoxy groups -OCH3 is 1. The van der Waals surface area contributed by atoms with Crippen molar-refractivity contribution in [1.29, 1.82) is 0 Å². The van der Waals surface area contributed by atoms with Crippen LogP contribution in [0.5, 0.6) is 5.75 Å². The largest absolute Gasteiger partial charge is 0.495 e. The van der Waals surface area contributed by atoms with Crippen LogP contribution in [0.3, 0.4) is 0 Å². The number of halogens is 2. The second-order valence-corrected chi connectivity index (χ2v) is 9.26. The van der Waals surface area contributed by atoms with Crippen molar-refractivity contribution in [2.45, 2.75) is 24.7 Å². The standard InChI is InChI=1S/C20H22ClFN2O4S/c1-13-11-15(21)3-5-17(13)23-20(25)14-7-9-24(10-8-14)29(26,27)19-12-16(22)4-6-18(19)28-2/h3-6,11-12,14H,7-10H2,1-2H3,(H,23,25). The van der Waals surface area contributed by atoms with Crippen molar-refractivity contribution in [2.24, 2.45) is 5.92 Å². The van der Waals surface area contributed by atoms with Crippen LogP contribution in [0.15, 0.2) is 41.3 Å². The van der Waals surface area contributed by atoms with E-state index in [2.05, 4.69) is 5.32 Å². The number of carbonyl (C=O) groups is 1. The molecular formula is C20H22ClFN2O4S. The number of hydrogen-bond donors (Lipinski definition) is 1. The number of hydrogen-bond acceptors (Lipinski definition) is 4. The number of amides is 1. The highest BCUT2D eigenvalue weighted by molar-refractivity contribution is 7.89. The fraction of sp³-hybridized carbons (Fsp3) is 0.350. The molecule has 156 valence electrons. The maximum absolute atomic E-state index is 13.6. The van der Waals surface area contributed by atoms with Gasteiger partial charge in [0.05, 0.1) is 7.11 Å². The molecule has 0 bridgehead atoms. The molecule has 0 saturated carbocycles. The molecule has 0 unspecified atom stereocenters. The Bertz CT molecular complexity index is 1020. The van der Waals surface area contributed by atoms with Gasteiger partial charge in [-0.05, 0) is 61.7 Å². The third kappa shape index (κ3) is 4.71. The van der Waals surface area contributed by atoms with Crippen LogP contribution in [0.25, 0.3) is 0 Å². The molecule has 29 heavy (non-hydrogen) atoms. The molecule has 0 spiro atoms. The van der Waals surface area contributed by atoms with Gasteiger partial charge in [0.2, 0.25) is 15.9 Å².